The molecule has 1 aliphatic carbocycles. The maximum Gasteiger partial charge on any atom is 0.573 e. The minimum atomic E-state index is -4.80. The van der Waals surface area contributed by atoms with Crippen molar-refractivity contribution >= 4 is 11.8 Å². The summed E-state index contributed by atoms with van der Waals surface area (Å²) in [7, 11) is 0. The van der Waals surface area contributed by atoms with Gasteiger partial charge >= 0.3 is 6.36 Å². The minimum absolute atomic E-state index is 0.209. The molecule has 0 unspecified atom stereocenters. The molecule has 9 heteroatoms. The van der Waals surface area contributed by atoms with Gasteiger partial charge in [-0.15, -0.1) is 13.2 Å². The zero-order chi connectivity index (χ0) is 18.8. The molecule has 1 N–H and O–H groups in total. The van der Waals surface area contributed by atoms with Crippen LogP contribution in [0.25, 0.3) is 0 Å². The molecule has 0 bridgehead atoms. The molecule has 1 saturated carbocycles. The molecule has 142 valence electrons. The lowest BCUT2D eigenvalue weighted by atomic mass is 9.63. The molecule has 0 aromatic heterocycles. The van der Waals surface area contributed by atoms with E-state index in [2.05, 4.69) is 10.1 Å². The Hall–Kier alpha value is -2.29. The highest BCUT2D eigenvalue weighted by atomic mass is 19.4. The van der Waals surface area contributed by atoms with E-state index in [-0.39, 0.29) is 24.1 Å². The van der Waals surface area contributed by atoms with Gasteiger partial charge in [0.2, 0.25) is 5.91 Å². The van der Waals surface area contributed by atoms with Crippen LogP contribution in [0.15, 0.2) is 24.3 Å². The van der Waals surface area contributed by atoms with Crippen LogP contribution in [0.2, 0.25) is 0 Å². The van der Waals surface area contributed by atoms with Crippen LogP contribution < -0.4 is 10.1 Å². The molecule has 3 rings (SSSR count). The molecule has 2 amide bonds. The minimum Gasteiger partial charge on any atom is -0.406 e. The van der Waals surface area contributed by atoms with Crippen molar-refractivity contribution in [2.24, 2.45) is 0 Å². The van der Waals surface area contributed by atoms with E-state index < -0.39 is 11.8 Å². The second-order valence-electron chi connectivity index (χ2n) is 6.38. The number of hydrogen-bond donors (Lipinski definition) is 1. The van der Waals surface area contributed by atoms with Crippen molar-refractivity contribution in [3.8, 4) is 5.75 Å². The monoisotopic (exact) mass is 372 g/mol. The Labute approximate surface area is 148 Å². The van der Waals surface area contributed by atoms with E-state index in [4.69, 9.17) is 4.84 Å². The molecule has 0 spiro atoms. The maximum atomic E-state index is 12.7. The number of halogens is 3. The lowest BCUT2D eigenvalue weighted by Gasteiger charge is -2.40. The van der Waals surface area contributed by atoms with E-state index >= 15 is 0 Å². The summed E-state index contributed by atoms with van der Waals surface area (Å²) in [5, 5.41) is 3.81. The van der Waals surface area contributed by atoms with Crippen molar-refractivity contribution in [1.82, 2.24) is 10.4 Å². The van der Waals surface area contributed by atoms with Crippen molar-refractivity contribution in [3.05, 3.63) is 29.8 Å². The summed E-state index contributed by atoms with van der Waals surface area (Å²) in [6.07, 6.45) is -2.27. The molecule has 6 nitrogen and oxygen atoms in total. The van der Waals surface area contributed by atoms with Gasteiger partial charge in [0.25, 0.3) is 5.91 Å². The van der Waals surface area contributed by atoms with E-state index in [1.54, 1.807) is 6.07 Å². The number of hydroxylamine groups is 2. The van der Waals surface area contributed by atoms with Gasteiger partial charge in [-0.2, -0.15) is 0 Å². The number of ether oxygens (including phenoxy) is 1. The summed E-state index contributed by atoms with van der Waals surface area (Å²) < 4.78 is 41.2. The Balaban J connectivity index is 1.69. The highest BCUT2D eigenvalue weighted by molar-refractivity contribution is 5.92. The summed E-state index contributed by atoms with van der Waals surface area (Å²) in [6, 6.07) is 5.45. The van der Waals surface area contributed by atoms with Gasteiger partial charge in [-0.3, -0.25) is 14.4 Å². The summed E-state index contributed by atoms with van der Waals surface area (Å²) in [5.41, 5.74) is -0.482. The lowest BCUT2D eigenvalue weighted by Crippen LogP contribution is -2.51. The average Bonchev–Trinajstić information content (AvgIpc) is 3.05. The van der Waals surface area contributed by atoms with Gasteiger partial charge in [0.05, 0.1) is 25.1 Å². The predicted molar refractivity (Wildman–Crippen MR) is 83.9 cm³/mol. The molecule has 0 atom stereocenters. The summed E-state index contributed by atoms with van der Waals surface area (Å²) in [4.78, 5) is 29.8. The normalized spacial score (nSPS) is 19.0. The smallest absolute Gasteiger partial charge is 0.406 e. The second-order valence-corrected chi connectivity index (χ2v) is 6.38. The van der Waals surface area contributed by atoms with Gasteiger partial charge in [0, 0.05) is 0 Å². The fourth-order valence-corrected chi connectivity index (χ4v) is 3.23. The standard InChI is InChI=1S/C17H19F3N2O4/c18-17(19,20)26-13-5-1-4-12(10-13)16(6-2-7-16)15(24)21-11-14(23)22-8-3-9-25-22/h1,4-5,10H,2-3,6-9,11H2,(H,21,24). The van der Waals surface area contributed by atoms with Crippen LogP contribution in [-0.2, 0) is 19.8 Å². The zero-order valence-electron chi connectivity index (χ0n) is 14.0. The van der Waals surface area contributed by atoms with E-state index in [1.807, 2.05) is 0 Å². The van der Waals surface area contributed by atoms with E-state index in [0.29, 0.717) is 31.6 Å². The number of rotatable bonds is 5. The van der Waals surface area contributed by atoms with Crippen molar-refractivity contribution in [2.45, 2.75) is 37.5 Å². The summed E-state index contributed by atoms with van der Waals surface area (Å²) in [5.74, 6) is -1.09. The predicted octanol–water partition coefficient (Wildman–Crippen LogP) is 2.29. The SMILES string of the molecule is O=C(CNC(=O)C1(c2cccc(OC(F)(F)F)c2)CCC1)N1CCCO1. The Bertz CT molecular complexity index is 683. The molecule has 26 heavy (non-hydrogen) atoms. The summed E-state index contributed by atoms with van der Waals surface area (Å²) in [6.45, 7) is 0.742. The first-order chi connectivity index (χ1) is 12.3. The Morgan fingerprint density at radius 3 is 2.62 bits per heavy atom. The van der Waals surface area contributed by atoms with E-state index in [9.17, 15) is 22.8 Å². The Kier molecular flexibility index (Phi) is 5.08. The van der Waals surface area contributed by atoms with Crippen molar-refractivity contribution in [2.75, 3.05) is 19.7 Å². The van der Waals surface area contributed by atoms with Gasteiger partial charge < -0.3 is 10.1 Å². The third-order valence-corrected chi connectivity index (χ3v) is 4.69. The van der Waals surface area contributed by atoms with Crippen LogP contribution in [0.4, 0.5) is 13.2 Å². The van der Waals surface area contributed by atoms with Crippen LogP contribution >= 0.6 is 0 Å². The number of hydrogen-bond acceptors (Lipinski definition) is 4. The Morgan fingerprint density at radius 1 is 1.27 bits per heavy atom. The van der Waals surface area contributed by atoms with Gasteiger partial charge in [-0.05, 0) is 37.0 Å². The zero-order valence-corrected chi connectivity index (χ0v) is 14.0. The summed E-state index contributed by atoms with van der Waals surface area (Å²) >= 11 is 0. The molecule has 2 aliphatic rings. The fraction of sp³-hybridized carbons (Fsp3) is 0.529. The van der Waals surface area contributed by atoms with Gasteiger partial charge in [-0.25, -0.2) is 5.06 Å². The van der Waals surface area contributed by atoms with Crippen LogP contribution in [0.3, 0.4) is 0 Å². The molecular formula is C17H19F3N2O4. The van der Waals surface area contributed by atoms with Crippen molar-refractivity contribution < 1.29 is 32.3 Å². The van der Waals surface area contributed by atoms with Crippen LogP contribution in [0.5, 0.6) is 5.75 Å². The number of benzene rings is 1. The largest absolute Gasteiger partial charge is 0.573 e. The number of nitrogens with zero attached hydrogens (tertiary/aromatic N) is 1. The lowest BCUT2D eigenvalue weighted by molar-refractivity contribution is -0.274. The third kappa shape index (κ3) is 3.92. The first-order valence-corrected chi connectivity index (χ1v) is 8.38. The Morgan fingerprint density at radius 2 is 2.04 bits per heavy atom. The second kappa shape index (κ2) is 7.14. The highest BCUT2D eigenvalue weighted by Crippen LogP contribution is 2.45. The molecular weight excluding hydrogens is 353 g/mol. The van der Waals surface area contributed by atoms with E-state index in [1.165, 1.54) is 23.3 Å². The van der Waals surface area contributed by atoms with Gasteiger partial charge in [0.15, 0.2) is 0 Å². The molecule has 1 heterocycles. The maximum absolute atomic E-state index is 12.7. The van der Waals surface area contributed by atoms with Crippen LogP contribution in [0, 0.1) is 0 Å². The van der Waals surface area contributed by atoms with Gasteiger partial charge in [0.1, 0.15) is 5.75 Å². The number of nitrogens with one attached hydrogen (secondary N) is 1. The number of alkyl halides is 3. The molecule has 1 saturated heterocycles. The van der Waals surface area contributed by atoms with Crippen molar-refractivity contribution in [3.63, 3.8) is 0 Å². The molecule has 1 aromatic rings. The molecule has 2 fully saturated rings. The van der Waals surface area contributed by atoms with Crippen LogP contribution in [-0.4, -0.2) is 42.9 Å². The first kappa shape index (κ1) is 18.5. The number of carbonyl (C=O) groups is 2. The number of amides is 2. The van der Waals surface area contributed by atoms with Crippen molar-refractivity contribution in [1.29, 1.82) is 0 Å². The third-order valence-electron chi connectivity index (χ3n) is 4.69. The first-order valence-electron chi connectivity index (χ1n) is 8.38. The van der Waals surface area contributed by atoms with Gasteiger partial charge in [-0.1, -0.05) is 18.6 Å². The van der Waals surface area contributed by atoms with Crippen LogP contribution in [0.1, 0.15) is 31.2 Å². The molecule has 0 radical (unpaired) electrons. The fourth-order valence-electron chi connectivity index (χ4n) is 3.23. The quantitative estimate of drug-likeness (QED) is 0.861. The average molecular weight is 372 g/mol. The highest BCUT2D eigenvalue weighted by Gasteiger charge is 2.46. The molecule has 1 aliphatic heterocycles. The topological polar surface area (TPSA) is 67.9 Å². The number of carbonyl (C=O) groups excluding carboxylic acids is 2. The van der Waals surface area contributed by atoms with E-state index in [0.717, 1.165) is 12.8 Å². The molecule has 1 aromatic carbocycles.